The van der Waals surface area contributed by atoms with Crippen LogP contribution in [-0.2, 0) is 19.5 Å². The fourth-order valence-corrected chi connectivity index (χ4v) is 2.06. The molecule has 0 radical (unpaired) electrons. The van der Waals surface area contributed by atoms with Crippen LogP contribution in [0.15, 0.2) is 97.6 Å². The molecule has 0 aliphatic heterocycles. The summed E-state index contributed by atoms with van der Waals surface area (Å²) in [5.74, 6) is 0. The van der Waals surface area contributed by atoms with Gasteiger partial charge >= 0.3 is 19.5 Å². The first-order chi connectivity index (χ1) is 13.3. The van der Waals surface area contributed by atoms with Crippen LogP contribution in [0.25, 0.3) is 22.8 Å². The zero-order chi connectivity index (χ0) is 19.2. The third-order valence-electron chi connectivity index (χ3n) is 3.18. The molecule has 0 aromatic carbocycles. The van der Waals surface area contributed by atoms with Gasteiger partial charge in [0.2, 0.25) is 0 Å². The van der Waals surface area contributed by atoms with Crippen LogP contribution in [-0.4, -0.2) is 19.9 Å². The molecule has 29 heavy (non-hydrogen) atoms. The number of pyridine rings is 4. The van der Waals surface area contributed by atoms with Gasteiger partial charge in [-0.05, 0) is 48.5 Å². The molecule has 4 aromatic heterocycles. The van der Waals surface area contributed by atoms with E-state index in [0.29, 0.717) is 0 Å². The van der Waals surface area contributed by atoms with E-state index in [1.165, 1.54) is 0 Å². The Bertz CT molecular complexity index is 708. The molecule has 0 saturated heterocycles. The summed E-state index contributed by atoms with van der Waals surface area (Å²) in [5.41, 5.74) is 3.66. The van der Waals surface area contributed by atoms with Crippen molar-refractivity contribution in [2.24, 2.45) is 0 Å². The minimum absolute atomic E-state index is 0. The summed E-state index contributed by atoms with van der Waals surface area (Å²) in [6.45, 7) is 4.00. The largest absolute Gasteiger partial charge is 2.00 e. The van der Waals surface area contributed by atoms with Gasteiger partial charge in [-0.1, -0.05) is 24.3 Å². The summed E-state index contributed by atoms with van der Waals surface area (Å²) in [5, 5.41) is 0. The minimum Gasteiger partial charge on any atom is -0.358 e. The molecule has 150 valence electrons. The average molecular weight is 472 g/mol. The van der Waals surface area contributed by atoms with Gasteiger partial charge in [0.15, 0.2) is 0 Å². The molecular weight excluding hydrogens is 445 g/mol. The molecule has 0 bridgehead atoms. The Morgan fingerprint density at radius 2 is 0.690 bits per heavy atom. The zero-order valence-electron chi connectivity index (χ0n) is 17.0. The SMILES string of the molecule is C[CH-]C.[CH3-].[Ru+2].c1ccc(-c2ccccn2)nc1.c1ccc(-c2ccccn2)nc1. The Hall–Kier alpha value is -2.78. The molecule has 4 aromatic rings. The smallest absolute Gasteiger partial charge is 0.358 e. The number of hydrogen-bond acceptors (Lipinski definition) is 4. The molecule has 0 atom stereocenters. The monoisotopic (exact) mass is 472 g/mol. The van der Waals surface area contributed by atoms with Crippen molar-refractivity contribution in [3.05, 3.63) is 111 Å². The molecule has 0 saturated carbocycles. The molecule has 4 heterocycles. The fraction of sp³-hybridized carbons (Fsp3) is 0.0833. The molecule has 0 amide bonds. The van der Waals surface area contributed by atoms with Gasteiger partial charge in [-0.25, -0.2) is 0 Å². The topological polar surface area (TPSA) is 51.6 Å². The number of aromatic nitrogens is 4. The molecule has 0 aliphatic carbocycles. The Labute approximate surface area is 187 Å². The van der Waals surface area contributed by atoms with Gasteiger partial charge in [0.1, 0.15) is 0 Å². The van der Waals surface area contributed by atoms with Crippen LogP contribution in [0, 0.1) is 13.8 Å². The molecule has 4 nitrogen and oxygen atoms in total. The first kappa shape index (κ1) is 26.2. The van der Waals surface area contributed by atoms with Crippen molar-refractivity contribution in [1.82, 2.24) is 19.9 Å². The van der Waals surface area contributed by atoms with E-state index >= 15 is 0 Å². The third kappa shape index (κ3) is 9.82. The van der Waals surface area contributed by atoms with Crippen molar-refractivity contribution in [2.45, 2.75) is 13.8 Å². The van der Waals surface area contributed by atoms with Crippen molar-refractivity contribution >= 4 is 0 Å². The third-order valence-corrected chi connectivity index (χ3v) is 3.18. The number of rotatable bonds is 2. The maximum absolute atomic E-state index is 4.19. The van der Waals surface area contributed by atoms with Gasteiger partial charge in [0.05, 0.1) is 22.8 Å². The van der Waals surface area contributed by atoms with E-state index in [-0.39, 0.29) is 26.9 Å². The standard InChI is InChI=1S/2C10H8N2.C3H7.CH3.Ru/c2*1-3-7-11-9(5-1)10-6-2-4-8-12-10;1-3-2;;/h2*1-8H;3H,1-2H3;1H3;/q;;2*-1;+2. The van der Waals surface area contributed by atoms with E-state index in [4.69, 9.17) is 0 Å². The second-order valence-corrected chi connectivity index (χ2v) is 5.44. The van der Waals surface area contributed by atoms with Crippen LogP contribution >= 0.6 is 0 Å². The summed E-state index contributed by atoms with van der Waals surface area (Å²) in [4.78, 5) is 16.7. The molecule has 0 aliphatic rings. The van der Waals surface area contributed by atoms with Crippen LogP contribution in [0.3, 0.4) is 0 Å². The number of nitrogens with zero attached hydrogens (tertiary/aromatic N) is 4. The Morgan fingerprint density at radius 1 is 0.483 bits per heavy atom. The first-order valence-electron chi connectivity index (χ1n) is 8.74. The van der Waals surface area contributed by atoms with E-state index in [0.717, 1.165) is 22.8 Å². The molecule has 0 unspecified atom stereocenters. The number of hydrogen-bond donors (Lipinski definition) is 0. The van der Waals surface area contributed by atoms with Gasteiger partial charge in [-0.2, -0.15) is 13.8 Å². The maximum atomic E-state index is 4.19. The van der Waals surface area contributed by atoms with Gasteiger partial charge in [-0.15, -0.1) is 0 Å². The summed E-state index contributed by atoms with van der Waals surface area (Å²) in [6.07, 6.45) is 9.07. The molecule has 0 fully saturated rings. The fourth-order valence-electron chi connectivity index (χ4n) is 2.06. The van der Waals surface area contributed by atoms with E-state index in [2.05, 4.69) is 19.9 Å². The van der Waals surface area contributed by atoms with Crippen molar-refractivity contribution in [3.63, 3.8) is 0 Å². The molecular formula is C24H26N4Ru. The first-order valence-corrected chi connectivity index (χ1v) is 8.74. The second-order valence-electron chi connectivity index (χ2n) is 5.44. The van der Waals surface area contributed by atoms with Crippen LogP contribution in [0.2, 0.25) is 0 Å². The quantitative estimate of drug-likeness (QED) is 0.267. The van der Waals surface area contributed by atoms with Crippen molar-refractivity contribution in [1.29, 1.82) is 0 Å². The molecule has 0 N–H and O–H groups in total. The van der Waals surface area contributed by atoms with Crippen LogP contribution in [0.5, 0.6) is 0 Å². The Kier molecular flexibility index (Phi) is 14.7. The van der Waals surface area contributed by atoms with E-state index < -0.39 is 0 Å². The average Bonchev–Trinajstić information content (AvgIpc) is 2.77. The van der Waals surface area contributed by atoms with E-state index in [1.807, 2.05) is 93.1 Å². The normalized spacial score (nSPS) is 8.62. The van der Waals surface area contributed by atoms with Crippen molar-refractivity contribution in [3.8, 4) is 22.8 Å². The van der Waals surface area contributed by atoms with E-state index in [9.17, 15) is 0 Å². The van der Waals surface area contributed by atoms with Crippen LogP contribution in [0.1, 0.15) is 13.8 Å². The van der Waals surface area contributed by atoms with Crippen LogP contribution in [0.4, 0.5) is 0 Å². The van der Waals surface area contributed by atoms with Crippen LogP contribution < -0.4 is 0 Å². The van der Waals surface area contributed by atoms with Gasteiger partial charge in [-0.3, -0.25) is 19.9 Å². The van der Waals surface area contributed by atoms with E-state index in [1.54, 1.807) is 24.8 Å². The summed E-state index contributed by atoms with van der Waals surface area (Å²) in [7, 11) is 0. The van der Waals surface area contributed by atoms with Crippen molar-refractivity contribution < 1.29 is 19.5 Å². The maximum Gasteiger partial charge on any atom is 2.00 e. The Balaban J connectivity index is 0.000000450. The van der Waals surface area contributed by atoms with Gasteiger partial charge in [0.25, 0.3) is 0 Å². The molecule has 5 heteroatoms. The second kappa shape index (κ2) is 16.2. The summed E-state index contributed by atoms with van der Waals surface area (Å²) in [6, 6.07) is 23.2. The zero-order valence-corrected chi connectivity index (χ0v) is 18.7. The summed E-state index contributed by atoms with van der Waals surface area (Å²) >= 11 is 0. The predicted octanol–water partition coefficient (Wildman–Crippen LogP) is 5.97. The molecule has 0 spiro atoms. The summed E-state index contributed by atoms with van der Waals surface area (Å²) < 4.78 is 0. The van der Waals surface area contributed by atoms with Crippen molar-refractivity contribution in [2.75, 3.05) is 0 Å². The molecule has 4 rings (SSSR count). The minimum atomic E-state index is 0. The predicted molar refractivity (Wildman–Crippen MR) is 117 cm³/mol. The Morgan fingerprint density at radius 3 is 0.828 bits per heavy atom. The van der Waals surface area contributed by atoms with Gasteiger partial charge < -0.3 is 13.8 Å². The van der Waals surface area contributed by atoms with Gasteiger partial charge in [0, 0.05) is 24.8 Å².